The van der Waals surface area contributed by atoms with Gasteiger partial charge in [-0.05, 0) is 118 Å². The van der Waals surface area contributed by atoms with E-state index >= 15 is 0 Å². The molecule has 240 valence electrons. The third kappa shape index (κ3) is 13.2. The van der Waals surface area contributed by atoms with Gasteiger partial charge in [0.1, 0.15) is 5.75 Å². The van der Waals surface area contributed by atoms with Gasteiger partial charge in [0.2, 0.25) is 0 Å². The molecule has 0 aliphatic carbocycles. The molecule has 2 aromatic carbocycles. The molecule has 0 spiro atoms. The van der Waals surface area contributed by atoms with Crippen LogP contribution in [0.5, 0.6) is 5.75 Å². The van der Waals surface area contributed by atoms with Crippen molar-refractivity contribution in [3.63, 3.8) is 0 Å². The molecule has 7 heteroatoms. The molecule has 0 N–H and O–H groups in total. The van der Waals surface area contributed by atoms with Crippen LogP contribution in [0.4, 0.5) is 0 Å². The van der Waals surface area contributed by atoms with Gasteiger partial charge >= 0.3 is 0 Å². The highest BCUT2D eigenvalue weighted by molar-refractivity contribution is 6.30. The van der Waals surface area contributed by atoms with Crippen molar-refractivity contribution in [2.45, 2.75) is 64.7 Å². The Bertz CT molecular complexity index is 1170. The first-order chi connectivity index (χ1) is 21.5. The van der Waals surface area contributed by atoms with Gasteiger partial charge in [0.15, 0.2) is 12.4 Å². The zero-order valence-corrected chi connectivity index (χ0v) is 27.4. The first kappa shape index (κ1) is 34.2. The fraction of sp³-hybridized carbons (Fsp3) is 0.541. The van der Waals surface area contributed by atoms with Crippen LogP contribution in [0.2, 0.25) is 5.02 Å². The number of hydrogen-bond acceptors (Lipinski definition) is 5. The monoisotopic (exact) mass is 621 g/mol. The van der Waals surface area contributed by atoms with Gasteiger partial charge in [-0.25, -0.2) is 0 Å². The average molecular weight is 622 g/mol. The number of hydrogen-bond donors (Lipinski definition) is 0. The summed E-state index contributed by atoms with van der Waals surface area (Å²) in [6.07, 6.45) is 14.3. The minimum Gasteiger partial charge on any atom is -0.619 e. The zero-order chi connectivity index (χ0) is 30.8. The predicted molar refractivity (Wildman–Crippen MR) is 181 cm³/mol. The second-order valence-corrected chi connectivity index (χ2v) is 12.8. The summed E-state index contributed by atoms with van der Waals surface area (Å²) >= 11 is 5.87. The van der Waals surface area contributed by atoms with Crippen LogP contribution in [0, 0.1) is 11.1 Å². The lowest BCUT2D eigenvalue weighted by Crippen LogP contribution is -2.35. The van der Waals surface area contributed by atoms with E-state index in [1.54, 1.807) is 0 Å². The molecule has 2 aliphatic heterocycles. The normalized spacial score (nSPS) is 17.5. The van der Waals surface area contributed by atoms with Gasteiger partial charge in [0.25, 0.3) is 0 Å². The lowest BCUT2D eigenvalue weighted by molar-refractivity contribution is -0.605. The summed E-state index contributed by atoms with van der Waals surface area (Å²) < 4.78 is 12.4. The largest absolute Gasteiger partial charge is 0.619 e. The van der Waals surface area contributed by atoms with Crippen LogP contribution in [0.1, 0.15) is 63.9 Å². The molecular weight excluding hydrogens is 570 g/mol. The third-order valence-electron chi connectivity index (χ3n) is 8.50. The number of likely N-dealkylation sites (tertiary alicyclic amines) is 2. The summed E-state index contributed by atoms with van der Waals surface area (Å²) in [6.45, 7) is 12.2. The second-order valence-electron chi connectivity index (χ2n) is 12.3. The van der Waals surface area contributed by atoms with Crippen LogP contribution in [0.3, 0.4) is 0 Å². The fourth-order valence-corrected chi connectivity index (χ4v) is 6.15. The quantitative estimate of drug-likeness (QED) is 0.105. The van der Waals surface area contributed by atoms with Gasteiger partial charge in [0, 0.05) is 50.0 Å². The van der Waals surface area contributed by atoms with Crippen molar-refractivity contribution in [1.82, 2.24) is 9.80 Å². The molecule has 6 nitrogen and oxygen atoms in total. The van der Waals surface area contributed by atoms with Crippen LogP contribution in [-0.4, -0.2) is 68.9 Å². The SMILES string of the molecule is C[C@H]1CCCN(CCCOc2ccc(-c3cc[n+]([O-])cc3)cc2)C1.Clc1ccc(CCCOCCCN2CCCCC2)cc1. The minimum atomic E-state index is 0.756. The molecule has 0 bridgehead atoms. The lowest BCUT2D eigenvalue weighted by atomic mass is 10.0. The molecule has 0 radical (unpaired) electrons. The number of benzene rings is 2. The van der Waals surface area contributed by atoms with Crippen LogP contribution in [0.15, 0.2) is 73.1 Å². The summed E-state index contributed by atoms with van der Waals surface area (Å²) in [5, 5.41) is 11.9. The van der Waals surface area contributed by atoms with Crippen molar-refractivity contribution in [2.75, 3.05) is 59.1 Å². The zero-order valence-electron chi connectivity index (χ0n) is 26.7. The average Bonchev–Trinajstić information content (AvgIpc) is 3.05. The number of rotatable bonds is 14. The van der Waals surface area contributed by atoms with E-state index in [1.807, 2.05) is 48.5 Å². The first-order valence-electron chi connectivity index (χ1n) is 16.7. The number of ether oxygens (including phenoxy) is 2. The Morgan fingerprint density at radius 1 is 0.750 bits per heavy atom. The highest BCUT2D eigenvalue weighted by Crippen LogP contribution is 2.22. The molecule has 3 heterocycles. The van der Waals surface area contributed by atoms with E-state index < -0.39 is 0 Å². The standard InChI is InChI=1S/C20H26N2O2.C17H26ClNO/c1-17-4-2-11-21(16-17)12-3-15-24-20-7-5-18(6-8-20)19-9-13-22(23)14-10-19;18-17-9-7-16(8-10-17)6-4-14-20-15-5-13-19-11-2-1-3-12-19/h5-10,13-14,17H,2-4,11-12,15-16H2,1H3;7-10H,1-6,11-15H2/t17-;/m0./s1. The Kier molecular flexibility index (Phi) is 15.3. The van der Waals surface area contributed by atoms with Gasteiger partial charge in [-0.15, -0.1) is 0 Å². The van der Waals surface area contributed by atoms with Crippen LogP contribution >= 0.6 is 11.6 Å². The molecule has 5 rings (SSSR count). The maximum atomic E-state index is 11.1. The van der Waals surface area contributed by atoms with Gasteiger partial charge in [0.05, 0.1) is 6.61 Å². The first-order valence-corrected chi connectivity index (χ1v) is 17.1. The van der Waals surface area contributed by atoms with E-state index in [2.05, 4.69) is 28.9 Å². The number of nitrogens with zero attached hydrogens (tertiary/aromatic N) is 3. The molecule has 2 aliphatic rings. The summed E-state index contributed by atoms with van der Waals surface area (Å²) in [5.74, 6) is 1.74. The van der Waals surface area contributed by atoms with E-state index in [0.717, 1.165) is 78.2 Å². The van der Waals surface area contributed by atoms with Crippen LogP contribution in [-0.2, 0) is 11.2 Å². The maximum absolute atomic E-state index is 11.1. The molecule has 44 heavy (non-hydrogen) atoms. The van der Waals surface area contributed by atoms with Crippen molar-refractivity contribution < 1.29 is 14.2 Å². The summed E-state index contributed by atoms with van der Waals surface area (Å²) in [4.78, 5) is 5.12. The molecule has 0 amide bonds. The van der Waals surface area contributed by atoms with Gasteiger partial charge < -0.3 is 24.5 Å². The van der Waals surface area contributed by atoms with Crippen LogP contribution in [0.25, 0.3) is 11.1 Å². The van der Waals surface area contributed by atoms with E-state index in [1.165, 1.54) is 89.2 Å². The smallest absolute Gasteiger partial charge is 0.180 e. The summed E-state index contributed by atoms with van der Waals surface area (Å²) in [6, 6.07) is 19.8. The van der Waals surface area contributed by atoms with E-state index in [9.17, 15) is 5.21 Å². The van der Waals surface area contributed by atoms with Crippen LogP contribution < -0.4 is 9.47 Å². The Labute approximate surface area is 270 Å². The van der Waals surface area contributed by atoms with Crippen molar-refractivity contribution in [3.05, 3.63) is 88.9 Å². The third-order valence-corrected chi connectivity index (χ3v) is 8.75. The summed E-state index contributed by atoms with van der Waals surface area (Å²) in [5.41, 5.74) is 3.46. The molecule has 1 aromatic heterocycles. The van der Waals surface area contributed by atoms with Gasteiger partial charge in [-0.2, -0.15) is 4.73 Å². The highest BCUT2D eigenvalue weighted by Gasteiger charge is 2.15. The Balaban J connectivity index is 0.000000204. The fourth-order valence-electron chi connectivity index (χ4n) is 6.02. The van der Waals surface area contributed by atoms with Crippen molar-refractivity contribution in [1.29, 1.82) is 0 Å². The molecule has 1 atom stereocenters. The number of pyridine rings is 1. The number of piperidine rings is 2. The predicted octanol–water partition coefficient (Wildman–Crippen LogP) is 7.65. The van der Waals surface area contributed by atoms with Crippen molar-refractivity contribution >= 4 is 11.6 Å². The molecule has 3 aromatic rings. The maximum Gasteiger partial charge on any atom is 0.180 e. The number of aryl methyl sites for hydroxylation is 1. The summed E-state index contributed by atoms with van der Waals surface area (Å²) in [7, 11) is 0. The molecule has 2 saturated heterocycles. The second kappa shape index (κ2) is 19.7. The Morgan fingerprint density at radius 3 is 2.11 bits per heavy atom. The van der Waals surface area contributed by atoms with Gasteiger partial charge in [-0.3, -0.25) is 0 Å². The van der Waals surface area contributed by atoms with E-state index in [-0.39, 0.29) is 0 Å². The number of halogens is 1. The Hall–Kier alpha value is -2.64. The molecular formula is C37H52ClN3O3. The molecule has 0 unspecified atom stereocenters. The topological polar surface area (TPSA) is 51.9 Å². The molecule has 0 saturated carbocycles. The van der Waals surface area contributed by atoms with Crippen molar-refractivity contribution in [2.24, 2.45) is 5.92 Å². The minimum absolute atomic E-state index is 0.756. The number of aromatic nitrogens is 1. The van der Waals surface area contributed by atoms with E-state index in [0.29, 0.717) is 0 Å². The van der Waals surface area contributed by atoms with E-state index in [4.69, 9.17) is 21.1 Å². The highest BCUT2D eigenvalue weighted by atomic mass is 35.5. The lowest BCUT2D eigenvalue weighted by Gasteiger charge is -2.30. The van der Waals surface area contributed by atoms with Gasteiger partial charge in [-0.1, -0.05) is 49.2 Å². The van der Waals surface area contributed by atoms with Crippen molar-refractivity contribution in [3.8, 4) is 16.9 Å². The Morgan fingerprint density at radius 2 is 1.39 bits per heavy atom. The molecule has 2 fully saturated rings.